The van der Waals surface area contributed by atoms with E-state index in [1.54, 1.807) is 0 Å². The third-order valence-electron chi connectivity index (χ3n) is 5.47. The predicted molar refractivity (Wildman–Crippen MR) is 117 cm³/mol. The summed E-state index contributed by atoms with van der Waals surface area (Å²) in [6.07, 6.45) is -5.90. The molecule has 5 N–H and O–H groups in total. The number of hydrogen-bond donors (Lipinski definition) is 5. The van der Waals surface area contributed by atoms with Crippen LogP contribution in [0.1, 0.15) is 17.0 Å². The molecular formula is C20H31N7O5. The van der Waals surface area contributed by atoms with Crippen molar-refractivity contribution in [3.8, 4) is 0 Å². The first-order chi connectivity index (χ1) is 15.1. The van der Waals surface area contributed by atoms with Gasteiger partial charge in [0, 0.05) is 13.1 Å². The molecule has 0 bridgehead atoms. The van der Waals surface area contributed by atoms with E-state index in [0.717, 1.165) is 11.1 Å². The second kappa shape index (κ2) is 9.98. The Hall–Kier alpha value is -2.48. The molecule has 2 aromatic rings. The van der Waals surface area contributed by atoms with Gasteiger partial charge in [-0.2, -0.15) is 4.80 Å². The molecule has 12 heteroatoms. The lowest BCUT2D eigenvalue weighted by atomic mass is 10.0. The van der Waals surface area contributed by atoms with Crippen LogP contribution in [0, 0.1) is 13.8 Å². The fourth-order valence-corrected chi connectivity index (χ4v) is 3.34. The van der Waals surface area contributed by atoms with Gasteiger partial charge in [0.05, 0.1) is 24.5 Å². The van der Waals surface area contributed by atoms with Crippen molar-refractivity contribution in [1.82, 2.24) is 25.1 Å². The van der Waals surface area contributed by atoms with Gasteiger partial charge in [-0.05, 0) is 56.4 Å². The number of aliphatic imine (C=N–C) groups is 1. The van der Waals surface area contributed by atoms with Crippen LogP contribution in [-0.2, 0) is 6.54 Å². The van der Waals surface area contributed by atoms with E-state index in [2.05, 4.69) is 20.4 Å². The van der Waals surface area contributed by atoms with E-state index in [9.17, 15) is 20.4 Å². The molecule has 2 heterocycles. The fraction of sp³-hybridized carbons (Fsp3) is 0.600. The van der Waals surface area contributed by atoms with Crippen molar-refractivity contribution in [3.63, 3.8) is 0 Å². The predicted octanol–water partition coefficient (Wildman–Crippen LogP) is -1.81. The third-order valence-corrected chi connectivity index (χ3v) is 5.47. The van der Waals surface area contributed by atoms with Crippen molar-refractivity contribution in [2.45, 2.75) is 44.9 Å². The van der Waals surface area contributed by atoms with Crippen molar-refractivity contribution in [2.75, 3.05) is 38.7 Å². The van der Waals surface area contributed by atoms with E-state index >= 15 is 0 Å². The van der Waals surface area contributed by atoms with Gasteiger partial charge in [-0.15, -0.1) is 10.2 Å². The first kappa shape index (κ1) is 24.2. The number of fused-ring (bicyclic) bond motifs is 1. The van der Waals surface area contributed by atoms with E-state index in [0.29, 0.717) is 24.5 Å². The molecule has 4 atom stereocenters. The number of aryl methyl sites for hydroxylation is 2. The second-order valence-corrected chi connectivity index (χ2v) is 8.27. The first-order valence-corrected chi connectivity index (χ1v) is 10.3. The molecule has 1 aromatic heterocycles. The van der Waals surface area contributed by atoms with Gasteiger partial charge in [-0.25, -0.2) is 4.99 Å². The molecule has 3 rings (SSSR count). The minimum absolute atomic E-state index is 0.149. The van der Waals surface area contributed by atoms with Crippen molar-refractivity contribution in [1.29, 1.82) is 0 Å². The Labute approximate surface area is 186 Å². The van der Waals surface area contributed by atoms with Gasteiger partial charge in [0.1, 0.15) is 24.0 Å². The minimum atomic E-state index is -1.60. The number of aliphatic hydroxyl groups is 5. The lowest BCUT2D eigenvalue weighted by molar-refractivity contribution is -0.0742. The van der Waals surface area contributed by atoms with Crippen LogP contribution < -0.4 is 4.90 Å². The molecule has 1 aliphatic heterocycles. The highest BCUT2D eigenvalue weighted by molar-refractivity contribution is 6.06. The van der Waals surface area contributed by atoms with Crippen LogP contribution in [-0.4, -0.2) is 115 Å². The van der Waals surface area contributed by atoms with Crippen molar-refractivity contribution < 1.29 is 25.5 Å². The number of likely N-dealkylation sites (N-methyl/N-ethyl adjacent to an activating group) is 1. The lowest BCUT2D eigenvalue weighted by Gasteiger charge is -2.37. The van der Waals surface area contributed by atoms with Gasteiger partial charge >= 0.3 is 0 Å². The zero-order valence-corrected chi connectivity index (χ0v) is 18.7. The molecule has 176 valence electrons. The van der Waals surface area contributed by atoms with Crippen LogP contribution >= 0.6 is 0 Å². The lowest BCUT2D eigenvalue weighted by Crippen LogP contribution is -2.52. The smallest absolute Gasteiger partial charge is 0.223 e. The summed E-state index contributed by atoms with van der Waals surface area (Å²) in [6.45, 7) is 4.12. The van der Waals surface area contributed by atoms with Gasteiger partial charge in [0.2, 0.25) is 5.82 Å². The van der Waals surface area contributed by atoms with Crippen molar-refractivity contribution >= 4 is 17.1 Å². The summed E-state index contributed by atoms with van der Waals surface area (Å²) < 4.78 is 0. The maximum atomic E-state index is 11.1. The zero-order valence-electron chi connectivity index (χ0n) is 18.7. The van der Waals surface area contributed by atoms with E-state index in [1.807, 2.05) is 45.0 Å². The summed E-state index contributed by atoms with van der Waals surface area (Å²) >= 11 is 0. The van der Waals surface area contributed by atoms with Crippen LogP contribution in [0.15, 0.2) is 17.1 Å². The van der Waals surface area contributed by atoms with Crippen LogP contribution in [0.25, 0.3) is 0 Å². The number of β-amino-alcohol motifs (C(OH)–C–C–N with tert-alkyl or cyclic N) is 1. The number of aliphatic hydroxyl groups excluding tert-OH is 5. The SMILES string of the molecule is Cc1cc2c(cc1C)N(C[C@H](O)[C@H](O)[C@H](O)CO)C(O)C(c1nnn(CCN(C)C)n1)=N2. The Morgan fingerprint density at radius 3 is 2.44 bits per heavy atom. The third kappa shape index (κ3) is 5.11. The standard InChI is InChI=1S/C20H31N7O5/c1-11-7-13-14(8-12(11)2)26(9-15(29)18(31)16(30)10-28)20(32)17(21-13)19-22-24-27(23-19)6-5-25(3)4/h7-8,15-16,18,20,28-32H,5-6,9-10H2,1-4H3/t15-,16+,18-,20?/m0/s1. The molecule has 0 spiro atoms. The van der Waals surface area contributed by atoms with Crippen LogP contribution in [0.5, 0.6) is 0 Å². The summed E-state index contributed by atoms with van der Waals surface area (Å²) in [5, 5.41) is 62.8. The molecule has 0 radical (unpaired) electrons. The zero-order chi connectivity index (χ0) is 23.6. The summed E-state index contributed by atoms with van der Waals surface area (Å²) in [5.74, 6) is 0.149. The number of rotatable bonds is 9. The Bertz CT molecular complexity index is 964. The van der Waals surface area contributed by atoms with Crippen molar-refractivity contribution in [2.24, 2.45) is 4.99 Å². The molecule has 0 saturated carbocycles. The number of aromatic nitrogens is 4. The summed E-state index contributed by atoms with van der Waals surface area (Å²) in [5.41, 5.74) is 3.19. The maximum absolute atomic E-state index is 11.1. The minimum Gasteiger partial charge on any atom is -0.394 e. The number of benzene rings is 1. The van der Waals surface area contributed by atoms with Crippen LogP contribution in [0.4, 0.5) is 11.4 Å². The number of hydrogen-bond acceptors (Lipinski definition) is 11. The quantitative estimate of drug-likeness (QED) is 0.295. The van der Waals surface area contributed by atoms with Crippen molar-refractivity contribution in [3.05, 3.63) is 29.1 Å². The molecule has 32 heavy (non-hydrogen) atoms. The topological polar surface area (TPSA) is 164 Å². The van der Waals surface area contributed by atoms with Crippen LogP contribution in [0.2, 0.25) is 0 Å². The molecule has 0 aliphatic carbocycles. The van der Waals surface area contributed by atoms with E-state index < -0.39 is 31.1 Å². The largest absolute Gasteiger partial charge is 0.394 e. The molecule has 1 aromatic carbocycles. The highest BCUT2D eigenvalue weighted by atomic mass is 16.4. The monoisotopic (exact) mass is 449 g/mol. The van der Waals surface area contributed by atoms with Crippen LogP contribution in [0.3, 0.4) is 0 Å². The van der Waals surface area contributed by atoms with Gasteiger partial charge in [-0.3, -0.25) is 0 Å². The highest BCUT2D eigenvalue weighted by Gasteiger charge is 2.35. The van der Waals surface area contributed by atoms with Gasteiger partial charge in [-0.1, -0.05) is 0 Å². The van der Waals surface area contributed by atoms with Gasteiger partial charge < -0.3 is 35.3 Å². The van der Waals surface area contributed by atoms with Gasteiger partial charge in [0.15, 0.2) is 6.23 Å². The average Bonchev–Trinajstić information content (AvgIpc) is 3.23. The first-order valence-electron chi connectivity index (χ1n) is 10.3. The fourth-order valence-electron chi connectivity index (χ4n) is 3.34. The average molecular weight is 450 g/mol. The molecule has 0 amide bonds. The Morgan fingerprint density at radius 1 is 1.09 bits per heavy atom. The maximum Gasteiger partial charge on any atom is 0.223 e. The summed E-state index contributed by atoms with van der Waals surface area (Å²) in [7, 11) is 3.86. The number of tetrazole rings is 1. The number of anilines is 1. The highest BCUT2D eigenvalue weighted by Crippen LogP contribution is 2.37. The Balaban J connectivity index is 1.96. The normalized spacial score (nSPS) is 19.0. The Kier molecular flexibility index (Phi) is 7.54. The molecule has 1 aliphatic rings. The summed E-state index contributed by atoms with van der Waals surface area (Å²) in [4.78, 5) is 9.42. The molecule has 0 saturated heterocycles. The molecular weight excluding hydrogens is 418 g/mol. The van der Waals surface area contributed by atoms with E-state index in [4.69, 9.17) is 5.11 Å². The molecule has 12 nitrogen and oxygen atoms in total. The Morgan fingerprint density at radius 2 is 1.78 bits per heavy atom. The molecule has 1 unspecified atom stereocenters. The van der Waals surface area contributed by atoms with Gasteiger partial charge in [0.25, 0.3) is 0 Å². The number of nitrogens with zero attached hydrogens (tertiary/aromatic N) is 7. The van der Waals surface area contributed by atoms with E-state index in [1.165, 1.54) is 9.70 Å². The molecule has 0 fully saturated rings. The summed E-state index contributed by atoms with van der Waals surface area (Å²) in [6, 6.07) is 3.68. The second-order valence-electron chi connectivity index (χ2n) is 8.27. The van der Waals surface area contributed by atoms with E-state index in [-0.39, 0.29) is 18.1 Å².